The number of rotatable bonds is 10. The number of hydrogen-bond donors (Lipinski definition) is 1. The average molecular weight is 547 g/mol. The summed E-state index contributed by atoms with van der Waals surface area (Å²) in [6.07, 6.45) is 8.89. The van der Waals surface area contributed by atoms with Crippen LogP contribution < -0.4 is 32.0 Å². The number of benzene rings is 3. The molecule has 4 aromatic rings. The lowest BCUT2D eigenvalue weighted by molar-refractivity contribution is -0.692. The van der Waals surface area contributed by atoms with E-state index in [0.717, 1.165) is 34.8 Å². The summed E-state index contributed by atoms with van der Waals surface area (Å²) in [6, 6.07) is 27.7. The number of amides is 1. The third kappa shape index (κ3) is 5.60. The molecule has 0 fully saturated rings. The first-order chi connectivity index (χ1) is 17.1. The molecule has 0 saturated heterocycles. The van der Waals surface area contributed by atoms with Gasteiger partial charge >= 0.3 is 0 Å². The van der Waals surface area contributed by atoms with Gasteiger partial charge in [-0.1, -0.05) is 84.9 Å². The van der Waals surface area contributed by atoms with E-state index in [1.807, 2.05) is 84.9 Å². The highest BCUT2D eigenvalue weighted by Crippen LogP contribution is 2.36. The van der Waals surface area contributed by atoms with Crippen molar-refractivity contribution in [2.75, 3.05) is 7.11 Å². The van der Waals surface area contributed by atoms with Crippen molar-refractivity contribution in [3.05, 3.63) is 126 Å². The quantitative estimate of drug-likeness (QED) is 0.308. The fraction of sp³-hybridized carbons (Fsp3) is 0.200. The Kier molecular flexibility index (Phi) is 9.25. The second kappa shape index (κ2) is 12.4. The van der Waals surface area contributed by atoms with E-state index in [0.29, 0.717) is 13.0 Å². The number of para-hydroxylation sites is 1. The molecule has 1 aromatic heterocycles. The second-order valence-electron chi connectivity index (χ2n) is 8.59. The van der Waals surface area contributed by atoms with Crippen LogP contribution in [0.5, 0.6) is 5.75 Å². The van der Waals surface area contributed by atoms with Gasteiger partial charge in [0.05, 0.1) is 13.7 Å². The molecule has 0 spiro atoms. The number of nitrogens with zero attached hydrogens (tertiary/aromatic N) is 2. The smallest absolute Gasteiger partial charge is 0.253 e. The fourth-order valence-electron chi connectivity index (χ4n) is 4.66. The number of halogens is 1. The number of aromatic nitrogens is 2. The van der Waals surface area contributed by atoms with Crippen LogP contribution in [0.2, 0.25) is 0 Å². The third-order valence-corrected chi connectivity index (χ3v) is 6.68. The van der Waals surface area contributed by atoms with Crippen molar-refractivity contribution in [1.82, 2.24) is 4.57 Å². The molecule has 0 atom stereocenters. The number of carbonyl (C=O) groups is 1. The van der Waals surface area contributed by atoms with Gasteiger partial charge in [0, 0.05) is 18.9 Å². The lowest BCUT2D eigenvalue weighted by Crippen LogP contribution is -3.00. The van der Waals surface area contributed by atoms with E-state index < -0.39 is 5.41 Å². The predicted molar refractivity (Wildman–Crippen MR) is 139 cm³/mol. The number of imidazole rings is 1. The maximum absolute atomic E-state index is 13.1. The summed E-state index contributed by atoms with van der Waals surface area (Å²) in [5.41, 5.74) is 8.08. The molecule has 36 heavy (non-hydrogen) atoms. The molecule has 1 amide bonds. The van der Waals surface area contributed by atoms with Gasteiger partial charge in [-0.15, -0.1) is 0 Å². The first-order valence-corrected chi connectivity index (χ1v) is 11.8. The number of aryl methyl sites for hydroxylation is 1. The number of ether oxygens (including phenoxy) is 1. The Hall–Kier alpha value is -3.64. The van der Waals surface area contributed by atoms with E-state index in [-0.39, 0.29) is 22.9 Å². The van der Waals surface area contributed by atoms with E-state index in [1.54, 1.807) is 7.11 Å². The molecule has 2 N–H and O–H groups in total. The van der Waals surface area contributed by atoms with Crippen LogP contribution in [0.15, 0.2) is 103 Å². The zero-order chi connectivity index (χ0) is 24.7. The molecule has 186 valence electrons. The van der Waals surface area contributed by atoms with Crippen molar-refractivity contribution in [2.45, 2.75) is 31.8 Å². The molecule has 0 unspecified atom stereocenters. The highest BCUT2D eigenvalue weighted by molar-refractivity contribution is 5.90. The third-order valence-electron chi connectivity index (χ3n) is 6.68. The summed E-state index contributed by atoms with van der Waals surface area (Å²) in [5, 5.41) is 0. The minimum Gasteiger partial charge on any atom is -1.00 e. The molecule has 6 heteroatoms. The number of carbonyl (C=O) groups excluding carboxylic acids is 1. The lowest BCUT2D eigenvalue weighted by Gasteiger charge is -2.31. The van der Waals surface area contributed by atoms with Crippen LogP contribution in [0.25, 0.3) is 6.08 Å². The summed E-state index contributed by atoms with van der Waals surface area (Å²) in [5.74, 6) is 1.62. The van der Waals surface area contributed by atoms with Crippen LogP contribution in [0.1, 0.15) is 28.9 Å². The Morgan fingerprint density at radius 1 is 0.972 bits per heavy atom. The van der Waals surface area contributed by atoms with Gasteiger partial charge in [-0.25, -0.2) is 9.13 Å². The highest BCUT2D eigenvalue weighted by Gasteiger charge is 2.40. The van der Waals surface area contributed by atoms with Crippen LogP contribution in [0, 0.1) is 6.92 Å². The monoisotopic (exact) mass is 545 g/mol. The molecule has 3 aromatic carbocycles. The normalized spacial score (nSPS) is 11.3. The largest absolute Gasteiger partial charge is 1.00 e. The fourth-order valence-corrected chi connectivity index (χ4v) is 4.66. The van der Waals surface area contributed by atoms with Crippen molar-refractivity contribution in [2.24, 2.45) is 5.73 Å². The molecular formula is C30H32BrN3O2. The molecule has 0 bridgehead atoms. The van der Waals surface area contributed by atoms with E-state index in [2.05, 4.69) is 40.6 Å². The Bertz CT molecular complexity index is 1260. The Morgan fingerprint density at radius 3 is 2.14 bits per heavy atom. The lowest BCUT2D eigenvalue weighted by atomic mass is 9.71. The van der Waals surface area contributed by atoms with Crippen LogP contribution in [-0.4, -0.2) is 17.6 Å². The molecule has 0 aliphatic carbocycles. The molecule has 0 radical (unpaired) electrons. The number of hydrogen-bond acceptors (Lipinski definition) is 2. The maximum Gasteiger partial charge on any atom is 0.253 e. The van der Waals surface area contributed by atoms with E-state index in [9.17, 15) is 4.79 Å². The number of methoxy groups -OCH3 is 1. The van der Waals surface area contributed by atoms with Crippen LogP contribution >= 0.6 is 0 Å². The van der Waals surface area contributed by atoms with Crippen molar-refractivity contribution in [3.63, 3.8) is 0 Å². The Morgan fingerprint density at radius 2 is 1.56 bits per heavy atom. The first kappa shape index (κ1) is 27.0. The van der Waals surface area contributed by atoms with Gasteiger partial charge in [-0.3, -0.25) is 4.79 Å². The van der Waals surface area contributed by atoms with Crippen LogP contribution in [0.4, 0.5) is 0 Å². The summed E-state index contributed by atoms with van der Waals surface area (Å²) >= 11 is 0. The minimum absolute atomic E-state index is 0. The molecule has 0 saturated carbocycles. The van der Waals surface area contributed by atoms with Crippen molar-refractivity contribution in [3.8, 4) is 5.75 Å². The minimum atomic E-state index is -0.909. The molecule has 1 heterocycles. The topological polar surface area (TPSA) is 61.1 Å². The van der Waals surface area contributed by atoms with Gasteiger partial charge in [0.25, 0.3) is 5.82 Å². The van der Waals surface area contributed by atoms with Crippen molar-refractivity contribution in [1.29, 1.82) is 0 Å². The Labute approximate surface area is 223 Å². The number of allylic oxidation sites excluding steroid dienone is 1. The van der Waals surface area contributed by atoms with Crippen LogP contribution in [0.3, 0.4) is 0 Å². The molecule has 0 aliphatic heterocycles. The van der Waals surface area contributed by atoms with E-state index >= 15 is 0 Å². The second-order valence-corrected chi connectivity index (χ2v) is 8.59. The standard InChI is InChI=1S/C30H31N3O2.BrH/c1-24-32(20-11-13-25-12-9-10-18-28(25)35-2)22-23-33(24)21-19-30(29(31)34,26-14-5-3-6-15-26)27-16-7-4-8-17-27;/h3-18,22-23H,19-21H2,1-2H3,(H-,31,34);1H/b13-11+;. The van der Waals surface area contributed by atoms with Gasteiger partial charge in [-0.2, -0.15) is 0 Å². The zero-order valence-electron chi connectivity index (χ0n) is 20.7. The maximum atomic E-state index is 13.1. The van der Waals surface area contributed by atoms with Gasteiger partial charge in [0.15, 0.2) is 0 Å². The van der Waals surface area contributed by atoms with Gasteiger partial charge in [0.1, 0.15) is 30.1 Å². The van der Waals surface area contributed by atoms with Crippen LogP contribution in [-0.2, 0) is 23.3 Å². The zero-order valence-corrected chi connectivity index (χ0v) is 22.3. The predicted octanol–water partition coefficient (Wildman–Crippen LogP) is 1.67. The van der Waals surface area contributed by atoms with Gasteiger partial charge in [-0.05, 0) is 23.3 Å². The molecule has 0 aliphatic rings. The van der Waals surface area contributed by atoms with E-state index in [1.165, 1.54) is 0 Å². The van der Waals surface area contributed by atoms with Gasteiger partial charge < -0.3 is 27.5 Å². The summed E-state index contributed by atoms with van der Waals surface area (Å²) in [6.45, 7) is 3.48. The highest BCUT2D eigenvalue weighted by atomic mass is 79.9. The summed E-state index contributed by atoms with van der Waals surface area (Å²) in [4.78, 5) is 13.1. The molecule has 5 nitrogen and oxygen atoms in total. The van der Waals surface area contributed by atoms with Gasteiger partial charge in [0.2, 0.25) is 5.91 Å². The molecule has 4 rings (SSSR count). The van der Waals surface area contributed by atoms with Crippen molar-refractivity contribution < 1.29 is 31.1 Å². The van der Waals surface area contributed by atoms with Crippen molar-refractivity contribution >= 4 is 12.0 Å². The molecular weight excluding hydrogens is 514 g/mol. The SMILES string of the molecule is COc1ccccc1/C=C/C[n+]1ccn(CCC(C(N)=O)(c2ccccc2)c2ccccc2)c1C.[Br-]. The first-order valence-electron chi connectivity index (χ1n) is 11.8. The summed E-state index contributed by atoms with van der Waals surface area (Å²) < 4.78 is 9.80. The number of primary amides is 1. The average Bonchev–Trinajstić information content (AvgIpc) is 3.25. The summed E-state index contributed by atoms with van der Waals surface area (Å²) in [7, 11) is 1.68. The van der Waals surface area contributed by atoms with E-state index in [4.69, 9.17) is 10.5 Å². The Balaban J connectivity index is 0.00000361. The number of nitrogens with two attached hydrogens (primary N) is 1.